The van der Waals surface area contributed by atoms with E-state index in [0.29, 0.717) is 41.6 Å². The summed E-state index contributed by atoms with van der Waals surface area (Å²) < 4.78 is 21.6. The lowest BCUT2D eigenvalue weighted by Crippen LogP contribution is -2.51. The van der Waals surface area contributed by atoms with Gasteiger partial charge in [0.1, 0.15) is 18.2 Å². The second-order valence-corrected chi connectivity index (χ2v) is 12.6. The number of piperazine rings is 1. The van der Waals surface area contributed by atoms with E-state index in [1.807, 2.05) is 33.3 Å². The lowest BCUT2D eigenvalue weighted by Gasteiger charge is -2.35. The van der Waals surface area contributed by atoms with Gasteiger partial charge in [0, 0.05) is 56.6 Å². The van der Waals surface area contributed by atoms with E-state index in [1.165, 1.54) is 31.7 Å². The molecule has 7 rings (SSSR count). The van der Waals surface area contributed by atoms with Gasteiger partial charge in [0.2, 0.25) is 0 Å². The molecule has 0 amide bonds. The van der Waals surface area contributed by atoms with Gasteiger partial charge in [-0.2, -0.15) is 9.97 Å². The topological polar surface area (TPSA) is 69.7 Å². The van der Waals surface area contributed by atoms with Crippen LogP contribution in [0.2, 0.25) is 0 Å². The predicted octanol–water partition coefficient (Wildman–Crippen LogP) is 4.88. The molecule has 4 saturated heterocycles. The zero-order valence-corrected chi connectivity index (χ0v) is 24.4. The van der Waals surface area contributed by atoms with Crippen LogP contribution in [0.1, 0.15) is 51.0 Å². The van der Waals surface area contributed by atoms with Crippen molar-refractivity contribution in [3.63, 3.8) is 0 Å². The lowest BCUT2D eigenvalue weighted by atomic mass is 9.95. The van der Waals surface area contributed by atoms with Crippen LogP contribution in [0.25, 0.3) is 27.7 Å². The molecule has 0 spiro atoms. The Labute approximate surface area is 241 Å². The van der Waals surface area contributed by atoms with Gasteiger partial charge in [0.05, 0.1) is 27.8 Å². The maximum atomic E-state index is 15.1. The molecule has 4 aliphatic heterocycles. The molecule has 2 unspecified atom stereocenters. The minimum absolute atomic E-state index is 0.0927. The smallest absolute Gasteiger partial charge is 0.319 e. The summed E-state index contributed by atoms with van der Waals surface area (Å²) in [5, 5.41) is 4.61. The molecule has 3 aromatic rings. The molecule has 9 heteroatoms. The third-order valence-electron chi connectivity index (χ3n) is 9.61. The van der Waals surface area contributed by atoms with Gasteiger partial charge in [-0.05, 0) is 70.2 Å². The Morgan fingerprint density at radius 1 is 1.15 bits per heavy atom. The van der Waals surface area contributed by atoms with Crippen LogP contribution in [0.15, 0.2) is 31.0 Å². The Morgan fingerprint density at radius 2 is 1.88 bits per heavy atom. The lowest BCUT2D eigenvalue weighted by molar-refractivity contribution is 0.108. The quantitative estimate of drug-likeness (QED) is 0.441. The zero-order chi connectivity index (χ0) is 28.3. The Morgan fingerprint density at radius 3 is 2.56 bits per heavy atom. The van der Waals surface area contributed by atoms with Crippen molar-refractivity contribution >= 4 is 28.0 Å². The third-order valence-corrected chi connectivity index (χ3v) is 9.61. The Kier molecular flexibility index (Phi) is 6.62. The predicted molar refractivity (Wildman–Crippen MR) is 162 cm³/mol. The van der Waals surface area contributed by atoms with E-state index in [0.717, 1.165) is 66.9 Å². The Hall–Kier alpha value is -3.30. The number of hydrogen-bond acceptors (Lipinski definition) is 8. The summed E-state index contributed by atoms with van der Waals surface area (Å²) in [6, 6.07) is 6.45. The second-order valence-electron chi connectivity index (χ2n) is 12.6. The first kappa shape index (κ1) is 26.6. The van der Waals surface area contributed by atoms with Crippen LogP contribution in [0.5, 0.6) is 6.01 Å². The number of nitrogens with one attached hydrogen (secondary N) is 1. The maximum Gasteiger partial charge on any atom is 0.319 e. The van der Waals surface area contributed by atoms with Gasteiger partial charge in [-0.25, -0.2) is 4.39 Å². The van der Waals surface area contributed by atoms with Crippen molar-refractivity contribution in [3.05, 3.63) is 42.4 Å². The van der Waals surface area contributed by atoms with E-state index in [1.54, 1.807) is 11.0 Å². The van der Waals surface area contributed by atoms with E-state index >= 15 is 4.39 Å². The largest absolute Gasteiger partial charge is 0.461 e. The monoisotopic (exact) mass is 557 g/mol. The van der Waals surface area contributed by atoms with Crippen molar-refractivity contribution in [2.75, 3.05) is 56.7 Å². The molecule has 8 nitrogen and oxygen atoms in total. The van der Waals surface area contributed by atoms with Crippen LogP contribution in [0.4, 0.5) is 15.9 Å². The first-order valence-corrected chi connectivity index (χ1v) is 15.0. The number of pyridine rings is 1. The first-order chi connectivity index (χ1) is 19.8. The Balaban J connectivity index is 1.38. The van der Waals surface area contributed by atoms with Crippen LogP contribution in [0.3, 0.4) is 0 Å². The van der Waals surface area contributed by atoms with Crippen molar-refractivity contribution < 1.29 is 9.13 Å². The SMILES string of the molecule is C=C(C)c1c(-c2cccc(F)c2N(C)C)ncc2c(N3CC4CCC(C3)N4)nc(OCC34CCCN3CCC4)nc12. The highest BCUT2D eigenvalue weighted by Crippen LogP contribution is 2.42. The number of halogens is 1. The van der Waals surface area contributed by atoms with Crippen molar-refractivity contribution in [3.8, 4) is 17.3 Å². The van der Waals surface area contributed by atoms with Crippen LogP contribution in [0, 0.1) is 5.82 Å². The number of ether oxygens (including phenoxy) is 1. The van der Waals surface area contributed by atoms with E-state index in [9.17, 15) is 0 Å². The van der Waals surface area contributed by atoms with Crippen LogP contribution < -0.4 is 19.9 Å². The van der Waals surface area contributed by atoms with Gasteiger partial charge < -0.3 is 19.9 Å². The molecule has 4 fully saturated rings. The van der Waals surface area contributed by atoms with Crippen molar-refractivity contribution in [2.45, 2.75) is 63.1 Å². The molecule has 4 aliphatic rings. The summed E-state index contributed by atoms with van der Waals surface area (Å²) in [4.78, 5) is 21.8. The summed E-state index contributed by atoms with van der Waals surface area (Å²) in [7, 11) is 3.70. The molecule has 0 saturated carbocycles. The van der Waals surface area contributed by atoms with Gasteiger partial charge in [0.25, 0.3) is 0 Å². The molecule has 1 aromatic carbocycles. The van der Waals surface area contributed by atoms with Gasteiger partial charge in [-0.3, -0.25) is 9.88 Å². The Bertz CT molecular complexity index is 1490. The van der Waals surface area contributed by atoms with Gasteiger partial charge in [-0.15, -0.1) is 0 Å². The number of allylic oxidation sites excluding steroid dienone is 1. The summed E-state index contributed by atoms with van der Waals surface area (Å²) in [6.45, 7) is 11.0. The highest BCUT2D eigenvalue weighted by Gasteiger charge is 2.45. The van der Waals surface area contributed by atoms with Gasteiger partial charge in [-0.1, -0.05) is 18.7 Å². The molecule has 1 N–H and O–H groups in total. The molecule has 0 aliphatic carbocycles. The fourth-order valence-corrected chi connectivity index (χ4v) is 7.76. The third kappa shape index (κ3) is 4.54. The summed E-state index contributed by atoms with van der Waals surface area (Å²) in [5.74, 6) is 0.576. The van der Waals surface area contributed by atoms with Crippen molar-refractivity contribution in [1.29, 1.82) is 0 Å². The first-order valence-electron chi connectivity index (χ1n) is 15.0. The second kappa shape index (κ2) is 10.2. The average molecular weight is 558 g/mol. The van der Waals surface area contributed by atoms with Crippen LogP contribution in [-0.2, 0) is 0 Å². The molecular weight excluding hydrogens is 517 g/mol. The molecule has 2 aromatic heterocycles. The van der Waals surface area contributed by atoms with E-state index in [2.05, 4.69) is 21.7 Å². The zero-order valence-electron chi connectivity index (χ0n) is 24.4. The average Bonchev–Trinajstić information content (AvgIpc) is 3.63. The fraction of sp³-hybridized carbons (Fsp3) is 0.531. The number of fused-ring (bicyclic) bond motifs is 4. The van der Waals surface area contributed by atoms with Gasteiger partial charge in [0.15, 0.2) is 0 Å². The van der Waals surface area contributed by atoms with Crippen molar-refractivity contribution in [2.24, 2.45) is 0 Å². The highest BCUT2D eigenvalue weighted by atomic mass is 19.1. The summed E-state index contributed by atoms with van der Waals surface area (Å²) >= 11 is 0. The van der Waals surface area contributed by atoms with E-state index < -0.39 is 0 Å². The number of nitrogens with zero attached hydrogens (tertiary/aromatic N) is 6. The number of aromatic nitrogens is 3. The number of rotatable bonds is 7. The molecule has 2 bridgehead atoms. The fourth-order valence-electron chi connectivity index (χ4n) is 7.76. The molecule has 41 heavy (non-hydrogen) atoms. The van der Waals surface area contributed by atoms with Crippen LogP contribution in [-0.4, -0.2) is 84.4 Å². The number of anilines is 2. The molecule has 6 heterocycles. The normalized spacial score (nSPS) is 23.3. The highest BCUT2D eigenvalue weighted by molar-refractivity contribution is 6.01. The maximum absolute atomic E-state index is 15.1. The van der Waals surface area contributed by atoms with E-state index in [4.69, 9.17) is 19.7 Å². The van der Waals surface area contributed by atoms with Gasteiger partial charge >= 0.3 is 6.01 Å². The molecule has 0 radical (unpaired) electrons. The minimum Gasteiger partial charge on any atom is -0.461 e. The number of benzene rings is 1. The molecular formula is C32H40FN7O. The van der Waals surface area contributed by atoms with Crippen LogP contribution >= 0.6 is 0 Å². The minimum atomic E-state index is -0.289. The van der Waals surface area contributed by atoms with Crippen molar-refractivity contribution in [1.82, 2.24) is 25.2 Å². The molecule has 216 valence electrons. The number of hydrogen-bond donors (Lipinski definition) is 1. The number of para-hydroxylation sites is 1. The molecule has 2 atom stereocenters. The summed E-state index contributed by atoms with van der Waals surface area (Å²) in [5.41, 5.74) is 4.35. The standard InChI is InChI=1S/C32H40FN7O/c1-20(2)26-27(23-8-5-9-25(33)29(23)38(3)4)34-16-24-28(26)36-31(41-19-32-12-6-14-40(32)15-7-13-32)37-30(24)39-17-21-10-11-22(18-39)35-21/h5,8-9,16,21-22,35H,1,6-7,10-15,17-19H2,2-4H3. The van der Waals surface area contributed by atoms with E-state index in [-0.39, 0.29) is 11.4 Å². The summed E-state index contributed by atoms with van der Waals surface area (Å²) in [6.07, 6.45) is 8.97.